The van der Waals surface area contributed by atoms with Gasteiger partial charge in [0, 0.05) is 17.6 Å². The van der Waals surface area contributed by atoms with Crippen molar-refractivity contribution in [2.45, 2.75) is 26.2 Å². The quantitative estimate of drug-likeness (QED) is 0.830. The molecule has 0 N–H and O–H groups in total. The van der Waals surface area contributed by atoms with Crippen LogP contribution in [0.1, 0.15) is 36.5 Å². The zero-order valence-corrected chi connectivity index (χ0v) is 12.0. The Hall–Kier alpha value is -0.900. The summed E-state index contributed by atoms with van der Waals surface area (Å²) < 4.78 is 14.3. The van der Waals surface area contributed by atoms with Crippen LogP contribution in [0.25, 0.3) is 0 Å². The fourth-order valence-corrected chi connectivity index (χ4v) is 3.03. The van der Waals surface area contributed by atoms with Gasteiger partial charge in [-0.3, -0.25) is 4.79 Å². The first-order valence-corrected chi connectivity index (χ1v) is 7.16. The third-order valence-electron chi connectivity index (χ3n) is 3.45. The summed E-state index contributed by atoms with van der Waals surface area (Å²) in [5.41, 5.74) is 0.162. The molecule has 1 unspecified atom stereocenters. The van der Waals surface area contributed by atoms with Crippen molar-refractivity contribution in [2.75, 3.05) is 13.1 Å². The summed E-state index contributed by atoms with van der Waals surface area (Å²) in [6, 6.07) is 4.63. The van der Waals surface area contributed by atoms with Crippen LogP contribution < -0.4 is 0 Å². The molecule has 1 aliphatic rings. The van der Waals surface area contributed by atoms with Gasteiger partial charge in [0.05, 0.1) is 5.56 Å². The number of hydrogen-bond donors (Lipinski definition) is 0. The minimum Gasteiger partial charge on any atom is -0.338 e. The smallest absolute Gasteiger partial charge is 0.257 e. The van der Waals surface area contributed by atoms with E-state index < -0.39 is 5.82 Å². The molecule has 0 aliphatic carbocycles. The number of rotatable bonds is 3. The largest absolute Gasteiger partial charge is 0.338 e. The van der Waals surface area contributed by atoms with Crippen molar-refractivity contribution in [3.63, 3.8) is 0 Å². The van der Waals surface area contributed by atoms with Crippen LogP contribution in [0.3, 0.4) is 0 Å². The van der Waals surface area contributed by atoms with Crippen molar-refractivity contribution < 1.29 is 9.18 Å². The highest BCUT2D eigenvalue weighted by Gasteiger charge is 2.28. The number of carbonyl (C=O) groups excluding carboxylic acids is 1. The van der Waals surface area contributed by atoms with Crippen molar-refractivity contribution in [1.29, 1.82) is 0 Å². The molecule has 0 saturated carbocycles. The Balaban J connectivity index is 2.13. The highest BCUT2D eigenvalue weighted by molar-refractivity contribution is 9.10. The molecule has 1 aromatic rings. The Bertz CT molecular complexity index is 429. The van der Waals surface area contributed by atoms with Crippen molar-refractivity contribution in [3.05, 3.63) is 34.1 Å². The third kappa shape index (κ3) is 2.74. The second kappa shape index (κ2) is 5.83. The molecule has 0 bridgehead atoms. The van der Waals surface area contributed by atoms with Crippen molar-refractivity contribution in [2.24, 2.45) is 5.92 Å². The molecular formula is C14H17BrFNO. The normalized spacial score (nSPS) is 19.3. The van der Waals surface area contributed by atoms with E-state index in [2.05, 4.69) is 22.9 Å². The molecule has 2 rings (SSSR count). The van der Waals surface area contributed by atoms with Crippen molar-refractivity contribution in [1.82, 2.24) is 4.90 Å². The molecule has 98 valence electrons. The van der Waals surface area contributed by atoms with E-state index in [1.54, 1.807) is 17.0 Å². The summed E-state index contributed by atoms with van der Waals surface area (Å²) in [5.74, 6) is -0.0728. The topological polar surface area (TPSA) is 20.3 Å². The van der Waals surface area contributed by atoms with Crippen LogP contribution in [0.15, 0.2) is 22.7 Å². The van der Waals surface area contributed by atoms with Gasteiger partial charge in [0.15, 0.2) is 0 Å². The average molecular weight is 314 g/mol. The van der Waals surface area contributed by atoms with Crippen LogP contribution in [-0.2, 0) is 0 Å². The minimum atomic E-state index is -0.451. The maximum Gasteiger partial charge on any atom is 0.257 e. The van der Waals surface area contributed by atoms with Gasteiger partial charge in [0.2, 0.25) is 0 Å². The Morgan fingerprint density at radius 2 is 2.33 bits per heavy atom. The predicted molar refractivity (Wildman–Crippen MR) is 73.0 cm³/mol. The van der Waals surface area contributed by atoms with Gasteiger partial charge in [0.1, 0.15) is 5.82 Å². The summed E-state index contributed by atoms with van der Waals surface area (Å²) in [6.07, 6.45) is 3.31. The van der Waals surface area contributed by atoms with Crippen LogP contribution in [-0.4, -0.2) is 23.9 Å². The summed E-state index contributed by atoms with van der Waals surface area (Å²) in [5, 5.41) is 0. The maximum absolute atomic E-state index is 13.7. The first-order valence-electron chi connectivity index (χ1n) is 6.36. The summed E-state index contributed by atoms with van der Waals surface area (Å²) in [6.45, 7) is 3.65. The zero-order valence-electron chi connectivity index (χ0n) is 10.5. The highest BCUT2D eigenvalue weighted by Crippen LogP contribution is 2.26. The highest BCUT2D eigenvalue weighted by atomic mass is 79.9. The average Bonchev–Trinajstić information content (AvgIpc) is 2.78. The lowest BCUT2D eigenvalue weighted by atomic mass is 10.0. The standard InChI is InChI=1S/C14H17BrFNO/c1-2-4-10-7-8-17(9-10)14(18)13-11(15)5-3-6-12(13)16/h3,5-6,10H,2,4,7-9H2,1H3. The fraction of sp³-hybridized carbons (Fsp3) is 0.500. The summed E-state index contributed by atoms with van der Waals surface area (Å²) in [7, 11) is 0. The number of amides is 1. The molecule has 4 heteroatoms. The molecule has 1 heterocycles. The molecule has 1 atom stereocenters. The van der Waals surface area contributed by atoms with E-state index in [4.69, 9.17) is 0 Å². The van der Waals surface area contributed by atoms with E-state index in [9.17, 15) is 9.18 Å². The maximum atomic E-state index is 13.7. The lowest BCUT2D eigenvalue weighted by molar-refractivity contribution is 0.0781. The van der Waals surface area contributed by atoms with Gasteiger partial charge in [-0.15, -0.1) is 0 Å². The SMILES string of the molecule is CCCC1CCN(C(=O)c2c(F)cccc2Br)C1. The number of nitrogens with zero attached hydrogens (tertiary/aromatic N) is 1. The number of hydrogen-bond acceptors (Lipinski definition) is 1. The fourth-order valence-electron chi connectivity index (χ4n) is 2.52. The summed E-state index contributed by atoms with van der Waals surface area (Å²) >= 11 is 3.25. The molecule has 1 aliphatic heterocycles. The molecule has 1 aromatic carbocycles. The van der Waals surface area contributed by atoms with Crippen molar-refractivity contribution >= 4 is 21.8 Å². The van der Waals surface area contributed by atoms with Crippen LogP contribution in [0.5, 0.6) is 0 Å². The van der Waals surface area contributed by atoms with Gasteiger partial charge in [0.25, 0.3) is 5.91 Å². The second-order valence-corrected chi connectivity index (χ2v) is 5.65. The minimum absolute atomic E-state index is 0.162. The first kappa shape index (κ1) is 13.5. The van der Waals surface area contributed by atoms with Crippen LogP contribution in [0, 0.1) is 11.7 Å². The predicted octanol–water partition coefficient (Wildman–Crippen LogP) is 3.85. The molecular weight excluding hydrogens is 297 g/mol. The Labute approximate surface area is 115 Å². The number of carbonyl (C=O) groups is 1. The molecule has 1 fully saturated rings. The zero-order chi connectivity index (χ0) is 13.1. The van der Waals surface area contributed by atoms with Gasteiger partial charge in [-0.05, 0) is 46.8 Å². The molecule has 2 nitrogen and oxygen atoms in total. The Morgan fingerprint density at radius 1 is 1.56 bits per heavy atom. The van der Waals surface area contributed by atoms with E-state index in [-0.39, 0.29) is 11.5 Å². The van der Waals surface area contributed by atoms with E-state index >= 15 is 0 Å². The lowest BCUT2D eigenvalue weighted by Crippen LogP contribution is -2.29. The van der Waals surface area contributed by atoms with Gasteiger partial charge in [-0.2, -0.15) is 0 Å². The van der Waals surface area contributed by atoms with Crippen LogP contribution in [0.2, 0.25) is 0 Å². The van der Waals surface area contributed by atoms with Crippen LogP contribution >= 0.6 is 15.9 Å². The molecule has 1 amide bonds. The summed E-state index contributed by atoms with van der Waals surface area (Å²) in [4.78, 5) is 14.1. The number of likely N-dealkylation sites (tertiary alicyclic amines) is 1. The van der Waals surface area contributed by atoms with E-state index in [1.165, 1.54) is 6.07 Å². The number of halogens is 2. The van der Waals surface area contributed by atoms with Crippen LogP contribution in [0.4, 0.5) is 4.39 Å². The Kier molecular flexibility index (Phi) is 4.38. The van der Waals surface area contributed by atoms with Gasteiger partial charge < -0.3 is 4.90 Å². The van der Waals surface area contributed by atoms with E-state index in [1.807, 2.05) is 0 Å². The van der Waals surface area contributed by atoms with Crippen molar-refractivity contribution in [3.8, 4) is 0 Å². The van der Waals surface area contributed by atoms with Gasteiger partial charge in [-0.25, -0.2) is 4.39 Å². The first-order chi connectivity index (χ1) is 8.63. The molecule has 1 saturated heterocycles. The van der Waals surface area contributed by atoms with Gasteiger partial charge in [-0.1, -0.05) is 19.4 Å². The number of benzene rings is 1. The monoisotopic (exact) mass is 313 g/mol. The Morgan fingerprint density at radius 3 is 3.00 bits per heavy atom. The van der Waals surface area contributed by atoms with Gasteiger partial charge >= 0.3 is 0 Å². The second-order valence-electron chi connectivity index (χ2n) is 4.79. The molecule has 0 aromatic heterocycles. The lowest BCUT2D eigenvalue weighted by Gasteiger charge is -2.17. The molecule has 0 spiro atoms. The molecule has 18 heavy (non-hydrogen) atoms. The van der Waals surface area contributed by atoms with E-state index in [0.717, 1.165) is 32.4 Å². The third-order valence-corrected chi connectivity index (χ3v) is 4.11. The van der Waals surface area contributed by atoms with E-state index in [0.29, 0.717) is 10.4 Å². The molecule has 0 radical (unpaired) electrons.